The van der Waals surface area contributed by atoms with Crippen LogP contribution in [0.25, 0.3) is 10.9 Å². The topological polar surface area (TPSA) is 72.2 Å². The average Bonchev–Trinajstić information content (AvgIpc) is 3.05. The van der Waals surface area contributed by atoms with Gasteiger partial charge in [0.1, 0.15) is 11.0 Å². The smallest absolute Gasteiger partial charge is 0.283 e. The summed E-state index contributed by atoms with van der Waals surface area (Å²) in [7, 11) is 0. The highest BCUT2D eigenvalue weighted by Gasteiger charge is 2.17. The molecule has 3 aromatic rings. The number of nitrogens with zero attached hydrogens (tertiary/aromatic N) is 4. The second kappa shape index (κ2) is 5.72. The minimum absolute atomic E-state index is 0.157. The van der Waals surface area contributed by atoms with Gasteiger partial charge in [0.05, 0.1) is 11.1 Å². The number of amides is 1. The van der Waals surface area contributed by atoms with Gasteiger partial charge in [-0.1, -0.05) is 23.7 Å². The van der Waals surface area contributed by atoms with Gasteiger partial charge in [-0.15, -0.1) is 0 Å². The molecule has 6 nitrogen and oxygen atoms in total. The molecule has 1 N–H and O–H groups in total. The van der Waals surface area contributed by atoms with Gasteiger partial charge in [0.15, 0.2) is 0 Å². The van der Waals surface area contributed by atoms with E-state index in [1.807, 2.05) is 35.8 Å². The molecule has 3 heterocycles. The first-order valence-corrected chi connectivity index (χ1v) is 7.97. The highest BCUT2D eigenvalue weighted by Crippen LogP contribution is 2.22. The van der Waals surface area contributed by atoms with Crippen LogP contribution in [0.4, 0.5) is 5.82 Å². The minimum Gasteiger partial charge on any atom is -0.369 e. The van der Waals surface area contributed by atoms with Gasteiger partial charge < -0.3 is 5.32 Å². The Hall–Kier alpha value is -2.73. The van der Waals surface area contributed by atoms with Gasteiger partial charge in [0.25, 0.3) is 5.91 Å². The van der Waals surface area contributed by atoms with Gasteiger partial charge in [-0.25, -0.2) is 9.97 Å². The van der Waals surface area contributed by atoms with Crippen LogP contribution in [0.1, 0.15) is 16.1 Å². The standard InChI is InChI=1S/C17H14ClN5O/c1-10-6-7-12(14(18)20-10)16(24)22-17-21-13-5-3-2-4-11(13)15-19-8-9-23(15)17/h2-7,19H,8-9H2,1H3. The first-order chi connectivity index (χ1) is 11.6. The van der Waals surface area contributed by atoms with E-state index < -0.39 is 5.91 Å². The molecule has 1 amide bonds. The summed E-state index contributed by atoms with van der Waals surface area (Å²) in [5, 5.41) is 4.50. The number of carbonyl (C=O) groups is 1. The Balaban J connectivity index is 1.90. The van der Waals surface area contributed by atoms with Crippen molar-refractivity contribution in [3.8, 4) is 0 Å². The highest BCUT2D eigenvalue weighted by molar-refractivity contribution is 6.32. The van der Waals surface area contributed by atoms with Gasteiger partial charge in [-0.2, -0.15) is 4.99 Å². The number of anilines is 1. The molecule has 0 bridgehead atoms. The van der Waals surface area contributed by atoms with Crippen molar-refractivity contribution >= 4 is 34.2 Å². The summed E-state index contributed by atoms with van der Waals surface area (Å²) in [6.07, 6.45) is 0. The van der Waals surface area contributed by atoms with Gasteiger partial charge in [-0.05, 0) is 31.2 Å². The zero-order chi connectivity index (χ0) is 16.7. The molecule has 0 spiro atoms. The predicted octanol–water partition coefficient (Wildman–Crippen LogP) is 2.56. The Labute approximate surface area is 142 Å². The average molecular weight is 340 g/mol. The molecule has 24 heavy (non-hydrogen) atoms. The van der Waals surface area contributed by atoms with Crippen molar-refractivity contribution in [2.24, 2.45) is 4.99 Å². The maximum absolute atomic E-state index is 12.5. The number of aryl methyl sites for hydroxylation is 1. The van der Waals surface area contributed by atoms with Crippen LogP contribution >= 0.6 is 11.6 Å². The van der Waals surface area contributed by atoms with E-state index in [0.29, 0.717) is 12.2 Å². The molecule has 4 rings (SSSR count). The molecule has 0 fully saturated rings. The summed E-state index contributed by atoms with van der Waals surface area (Å²) in [4.78, 5) is 25.3. The van der Waals surface area contributed by atoms with Crippen molar-refractivity contribution in [3.63, 3.8) is 0 Å². The van der Waals surface area contributed by atoms with E-state index >= 15 is 0 Å². The Bertz CT molecular complexity index is 1040. The second-order valence-electron chi connectivity index (χ2n) is 5.56. The van der Waals surface area contributed by atoms with Crippen molar-refractivity contribution in [2.45, 2.75) is 13.5 Å². The van der Waals surface area contributed by atoms with Crippen LogP contribution in [0, 0.1) is 6.92 Å². The fourth-order valence-electron chi connectivity index (χ4n) is 2.79. The number of benzene rings is 1. The molecule has 7 heteroatoms. The van der Waals surface area contributed by atoms with Crippen LogP contribution in [0.2, 0.25) is 5.15 Å². The van der Waals surface area contributed by atoms with Crippen molar-refractivity contribution in [3.05, 3.63) is 58.4 Å². The monoisotopic (exact) mass is 339 g/mol. The van der Waals surface area contributed by atoms with Crippen LogP contribution in [0.15, 0.2) is 41.4 Å². The number of halogens is 1. The van der Waals surface area contributed by atoms with Crippen LogP contribution in [0.5, 0.6) is 0 Å². The third-order valence-electron chi connectivity index (χ3n) is 3.94. The second-order valence-corrected chi connectivity index (χ2v) is 5.92. The number of rotatable bonds is 1. The quantitative estimate of drug-likeness (QED) is 0.692. The third-order valence-corrected chi connectivity index (χ3v) is 4.23. The van der Waals surface area contributed by atoms with Gasteiger partial charge in [0.2, 0.25) is 5.62 Å². The largest absolute Gasteiger partial charge is 0.369 e. The summed E-state index contributed by atoms with van der Waals surface area (Å²) < 4.78 is 1.91. The number of hydrogen-bond donors (Lipinski definition) is 1. The van der Waals surface area contributed by atoms with Crippen LogP contribution in [0.3, 0.4) is 0 Å². The fourth-order valence-corrected chi connectivity index (χ4v) is 3.07. The van der Waals surface area contributed by atoms with Crippen molar-refractivity contribution in [1.82, 2.24) is 14.5 Å². The number of pyridine rings is 1. The number of carbonyl (C=O) groups excluding carboxylic acids is 1. The molecule has 0 saturated heterocycles. The maximum Gasteiger partial charge on any atom is 0.283 e. The normalized spacial score (nSPS) is 13.8. The Morgan fingerprint density at radius 2 is 2.08 bits per heavy atom. The zero-order valence-corrected chi connectivity index (χ0v) is 13.7. The molecule has 0 unspecified atom stereocenters. The lowest BCUT2D eigenvalue weighted by Gasteiger charge is -2.07. The lowest BCUT2D eigenvalue weighted by atomic mass is 10.2. The highest BCUT2D eigenvalue weighted by atomic mass is 35.5. The van der Waals surface area contributed by atoms with E-state index in [9.17, 15) is 4.79 Å². The Morgan fingerprint density at radius 1 is 1.25 bits per heavy atom. The molecule has 0 atom stereocenters. The van der Waals surface area contributed by atoms with E-state index in [-0.39, 0.29) is 10.7 Å². The maximum atomic E-state index is 12.5. The molecule has 1 aromatic carbocycles. The molecule has 0 aliphatic carbocycles. The summed E-state index contributed by atoms with van der Waals surface area (Å²) in [6, 6.07) is 11.2. The fraction of sp³-hybridized carbons (Fsp3) is 0.176. The van der Waals surface area contributed by atoms with Crippen LogP contribution in [-0.2, 0) is 6.54 Å². The first-order valence-electron chi connectivity index (χ1n) is 7.59. The summed E-state index contributed by atoms with van der Waals surface area (Å²) >= 11 is 6.07. The molecule has 1 aliphatic heterocycles. The summed E-state index contributed by atoms with van der Waals surface area (Å²) in [6.45, 7) is 3.30. The van der Waals surface area contributed by atoms with Crippen molar-refractivity contribution < 1.29 is 4.79 Å². The SMILES string of the molecule is Cc1ccc(C(=O)N=c2nc3ccccc3c3n2CCN3)c(Cl)n1. The van der Waals surface area contributed by atoms with E-state index in [2.05, 4.69) is 20.3 Å². The number of fused-ring (bicyclic) bond motifs is 3. The third kappa shape index (κ3) is 2.45. The molecular formula is C17H14ClN5O. The predicted molar refractivity (Wildman–Crippen MR) is 92.1 cm³/mol. The van der Waals surface area contributed by atoms with Crippen LogP contribution < -0.4 is 10.9 Å². The van der Waals surface area contributed by atoms with E-state index in [1.165, 1.54) is 0 Å². The number of para-hydroxylation sites is 1. The lowest BCUT2D eigenvalue weighted by Crippen LogP contribution is -2.24. The molecule has 120 valence electrons. The van der Waals surface area contributed by atoms with E-state index in [1.54, 1.807) is 12.1 Å². The number of aromatic nitrogens is 3. The van der Waals surface area contributed by atoms with Crippen LogP contribution in [-0.4, -0.2) is 27.0 Å². The van der Waals surface area contributed by atoms with Gasteiger partial charge in [-0.3, -0.25) is 9.36 Å². The molecule has 0 saturated carbocycles. The van der Waals surface area contributed by atoms with E-state index in [0.717, 1.165) is 29.0 Å². The molecule has 1 aliphatic rings. The minimum atomic E-state index is -0.447. The Morgan fingerprint density at radius 3 is 2.92 bits per heavy atom. The van der Waals surface area contributed by atoms with Gasteiger partial charge in [0, 0.05) is 24.2 Å². The van der Waals surface area contributed by atoms with Crippen molar-refractivity contribution in [1.29, 1.82) is 0 Å². The summed E-state index contributed by atoms with van der Waals surface area (Å²) in [5.74, 6) is 0.483. The molecule has 2 aromatic heterocycles. The molecule has 0 radical (unpaired) electrons. The number of hydrogen-bond acceptors (Lipinski definition) is 4. The lowest BCUT2D eigenvalue weighted by molar-refractivity contribution is 0.0996. The summed E-state index contributed by atoms with van der Waals surface area (Å²) in [5.41, 5.74) is 2.19. The van der Waals surface area contributed by atoms with Crippen molar-refractivity contribution in [2.75, 3.05) is 11.9 Å². The van der Waals surface area contributed by atoms with E-state index in [4.69, 9.17) is 11.6 Å². The van der Waals surface area contributed by atoms with Gasteiger partial charge >= 0.3 is 0 Å². The zero-order valence-electron chi connectivity index (χ0n) is 13.0. The Kier molecular flexibility index (Phi) is 3.54. The number of nitrogens with one attached hydrogen (secondary N) is 1. The first kappa shape index (κ1) is 14.8. The molecular weight excluding hydrogens is 326 g/mol.